The first-order valence-corrected chi connectivity index (χ1v) is 9.03. The smallest absolute Gasteiger partial charge is 0.0491 e. The number of hydrogen-bond donors (Lipinski definition) is 1. The number of hydrogen-bond acceptors (Lipinski definition) is 5. The Morgan fingerprint density at radius 1 is 0.955 bits per heavy atom. The molecule has 1 aliphatic rings. The zero-order valence-electron chi connectivity index (χ0n) is 15.6. The van der Waals surface area contributed by atoms with Crippen LogP contribution in [-0.4, -0.2) is 99.4 Å². The first-order valence-electron chi connectivity index (χ1n) is 9.03. The average Bonchev–Trinajstić information content (AvgIpc) is 2.47. The second kappa shape index (κ2) is 11.4. The summed E-state index contributed by atoms with van der Waals surface area (Å²) in [5.74, 6) is 0.762. The topological polar surface area (TPSA) is 25.0 Å². The van der Waals surface area contributed by atoms with Gasteiger partial charge in [-0.05, 0) is 39.5 Å². The molecule has 0 aliphatic carbocycles. The van der Waals surface area contributed by atoms with Crippen molar-refractivity contribution in [3.05, 3.63) is 0 Å². The lowest BCUT2D eigenvalue weighted by Gasteiger charge is -2.34. The van der Waals surface area contributed by atoms with Gasteiger partial charge in [0.15, 0.2) is 0 Å². The molecule has 0 bridgehead atoms. The summed E-state index contributed by atoms with van der Waals surface area (Å²) >= 11 is 0. The Morgan fingerprint density at radius 3 is 2.14 bits per heavy atom. The van der Waals surface area contributed by atoms with Crippen LogP contribution in [0.4, 0.5) is 0 Å². The third kappa shape index (κ3) is 9.06. The molecule has 0 aromatic heterocycles. The van der Waals surface area contributed by atoms with Gasteiger partial charge in [-0.3, -0.25) is 15.1 Å². The van der Waals surface area contributed by atoms with Crippen molar-refractivity contribution in [1.82, 2.24) is 24.9 Å². The average molecular weight is 314 g/mol. The molecule has 1 aliphatic heterocycles. The van der Waals surface area contributed by atoms with Crippen LogP contribution < -0.4 is 5.32 Å². The van der Waals surface area contributed by atoms with E-state index in [2.05, 4.69) is 59.8 Å². The van der Waals surface area contributed by atoms with E-state index in [1.807, 2.05) is 0 Å². The maximum atomic E-state index is 3.58. The molecular formula is C17H39N5. The van der Waals surface area contributed by atoms with Gasteiger partial charge in [-0.25, -0.2) is 0 Å². The molecule has 0 unspecified atom stereocenters. The molecule has 5 heteroatoms. The van der Waals surface area contributed by atoms with Crippen molar-refractivity contribution in [1.29, 1.82) is 0 Å². The van der Waals surface area contributed by atoms with Crippen LogP contribution in [0.15, 0.2) is 0 Å². The normalized spacial score (nSPS) is 18.0. The number of likely N-dealkylation sites (N-methyl/N-ethyl adjacent to an activating group) is 1. The molecule has 0 spiro atoms. The third-order valence-electron chi connectivity index (χ3n) is 4.39. The second-order valence-corrected chi connectivity index (χ2v) is 7.21. The molecule has 1 rings (SSSR count). The van der Waals surface area contributed by atoms with Gasteiger partial charge < -0.3 is 9.80 Å². The van der Waals surface area contributed by atoms with Gasteiger partial charge >= 0.3 is 0 Å². The summed E-state index contributed by atoms with van der Waals surface area (Å²) in [5, 5.41) is 3.58. The minimum Gasteiger partial charge on any atom is -0.306 e. The van der Waals surface area contributed by atoms with Crippen LogP contribution in [0.25, 0.3) is 0 Å². The molecule has 1 heterocycles. The van der Waals surface area contributed by atoms with E-state index in [-0.39, 0.29) is 0 Å². The van der Waals surface area contributed by atoms with Crippen LogP contribution in [0.2, 0.25) is 0 Å². The Kier molecular flexibility index (Phi) is 10.2. The molecule has 22 heavy (non-hydrogen) atoms. The van der Waals surface area contributed by atoms with Crippen LogP contribution in [0, 0.1) is 5.92 Å². The van der Waals surface area contributed by atoms with E-state index in [0.29, 0.717) is 0 Å². The molecule has 0 aromatic rings. The van der Waals surface area contributed by atoms with E-state index >= 15 is 0 Å². The molecule has 0 atom stereocenters. The van der Waals surface area contributed by atoms with Crippen LogP contribution in [-0.2, 0) is 0 Å². The van der Waals surface area contributed by atoms with Crippen molar-refractivity contribution >= 4 is 0 Å². The van der Waals surface area contributed by atoms with E-state index < -0.39 is 0 Å². The van der Waals surface area contributed by atoms with Crippen molar-refractivity contribution < 1.29 is 0 Å². The molecule has 132 valence electrons. The molecule has 1 N–H and O–H groups in total. The predicted molar refractivity (Wildman–Crippen MR) is 96.1 cm³/mol. The lowest BCUT2D eigenvalue weighted by atomic mass is 10.2. The molecular weight excluding hydrogens is 274 g/mol. The summed E-state index contributed by atoms with van der Waals surface area (Å²) < 4.78 is 0. The SMILES string of the molecule is CCN1CCN(CNCN(C)CCCN(C)CC(C)C)CC1. The van der Waals surface area contributed by atoms with Crippen LogP contribution >= 0.6 is 0 Å². The van der Waals surface area contributed by atoms with Crippen molar-refractivity contribution in [2.45, 2.75) is 27.2 Å². The van der Waals surface area contributed by atoms with Gasteiger partial charge in [0.2, 0.25) is 0 Å². The Hall–Kier alpha value is -0.200. The molecule has 0 amide bonds. The number of nitrogens with one attached hydrogen (secondary N) is 1. The van der Waals surface area contributed by atoms with Crippen molar-refractivity contribution in [2.75, 3.05) is 79.8 Å². The number of nitrogens with zero attached hydrogens (tertiary/aromatic N) is 4. The Balaban J connectivity index is 1.98. The molecule has 1 saturated heterocycles. The monoisotopic (exact) mass is 313 g/mol. The molecule has 1 fully saturated rings. The summed E-state index contributed by atoms with van der Waals surface area (Å²) in [7, 11) is 4.44. The zero-order valence-corrected chi connectivity index (χ0v) is 15.6. The molecule has 0 saturated carbocycles. The second-order valence-electron chi connectivity index (χ2n) is 7.21. The summed E-state index contributed by atoms with van der Waals surface area (Å²) in [6.45, 7) is 18.4. The van der Waals surface area contributed by atoms with Crippen LogP contribution in [0.5, 0.6) is 0 Å². The maximum absolute atomic E-state index is 3.58. The Labute approximate surface area is 138 Å². The van der Waals surface area contributed by atoms with E-state index in [0.717, 1.165) is 19.3 Å². The summed E-state index contributed by atoms with van der Waals surface area (Å²) in [6, 6.07) is 0. The zero-order chi connectivity index (χ0) is 16.4. The molecule has 0 radical (unpaired) electrons. The first-order chi connectivity index (χ1) is 10.5. The summed E-state index contributed by atoms with van der Waals surface area (Å²) in [5.41, 5.74) is 0. The fourth-order valence-corrected chi connectivity index (χ4v) is 3.07. The summed E-state index contributed by atoms with van der Waals surface area (Å²) in [4.78, 5) is 9.89. The largest absolute Gasteiger partial charge is 0.306 e. The van der Waals surface area contributed by atoms with Crippen molar-refractivity contribution in [3.63, 3.8) is 0 Å². The fraction of sp³-hybridized carbons (Fsp3) is 1.00. The molecule has 5 nitrogen and oxygen atoms in total. The number of piperazine rings is 1. The Bertz CT molecular complexity index is 264. The number of rotatable bonds is 11. The minimum atomic E-state index is 0.762. The quantitative estimate of drug-likeness (QED) is 0.575. The van der Waals surface area contributed by atoms with Gasteiger partial charge in [-0.2, -0.15) is 0 Å². The highest BCUT2D eigenvalue weighted by atomic mass is 15.3. The Morgan fingerprint density at radius 2 is 1.55 bits per heavy atom. The maximum Gasteiger partial charge on any atom is 0.0491 e. The highest BCUT2D eigenvalue weighted by molar-refractivity contribution is 4.70. The van der Waals surface area contributed by atoms with Gasteiger partial charge in [0.25, 0.3) is 0 Å². The lowest BCUT2D eigenvalue weighted by Crippen LogP contribution is -2.50. The first kappa shape index (κ1) is 19.8. The van der Waals surface area contributed by atoms with E-state index in [1.165, 1.54) is 58.8 Å². The van der Waals surface area contributed by atoms with Gasteiger partial charge in [0, 0.05) is 52.6 Å². The molecule has 0 aromatic carbocycles. The van der Waals surface area contributed by atoms with E-state index in [1.54, 1.807) is 0 Å². The van der Waals surface area contributed by atoms with Gasteiger partial charge in [0.05, 0.1) is 0 Å². The van der Waals surface area contributed by atoms with Gasteiger partial charge in [0.1, 0.15) is 0 Å². The van der Waals surface area contributed by atoms with Crippen molar-refractivity contribution in [2.24, 2.45) is 5.92 Å². The minimum absolute atomic E-state index is 0.762. The van der Waals surface area contributed by atoms with E-state index in [9.17, 15) is 0 Å². The van der Waals surface area contributed by atoms with Crippen LogP contribution in [0.1, 0.15) is 27.2 Å². The third-order valence-corrected chi connectivity index (χ3v) is 4.39. The lowest BCUT2D eigenvalue weighted by molar-refractivity contribution is 0.123. The van der Waals surface area contributed by atoms with Crippen molar-refractivity contribution in [3.8, 4) is 0 Å². The highest BCUT2D eigenvalue weighted by Gasteiger charge is 2.14. The van der Waals surface area contributed by atoms with Gasteiger partial charge in [-0.15, -0.1) is 0 Å². The highest BCUT2D eigenvalue weighted by Crippen LogP contribution is 2.00. The standard InChI is InChI=1S/C17H39N5/c1-6-21-10-12-22(13-11-21)16-18-15-20(5)9-7-8-19(4)14-17(2)3/h17-18H,6-16H2,1-5H3. The van der Waals surface area contributed by atoms with Crippen LogP contribution in [0.3, 0.4) is 0 Å². The van der Waals surface area contributed by atoms with Gasteiger partial charge in [-0.1, -0.05) is 20.8 Å². The fourth-order valence-electron chi connectivity index (χ4n) is 3.07. The van der Waals surface area contributed by atoms with E-state index in [4.69, 9.17) is 0 Å². The summed E-state index contributed by atoms with van der Waals surface area (Å²) in [6.07, 6.45) is 1.25. The predicted octanol–water partition coefficient (Wildman–Crippen LogP) is 1.04.